The molecule has 0 saturated carbocycles. The molecule has 1 amide bonds. The third kappa shape index (κ3) is 4.90. The van der Waals surface area contributed by atoms with Crippen molar-refractivity contribution in [3.05, 3.63) is 59.1 Å². The minimum atomic E-state index is -0.0739. The molecule has 114 valence electrons. The van der Waals surface area contributed by atoms with Crippen LogP contribution in [0.2, 0.25) is 5.02 Å². The predicted molar refractivity (Wildman–Crippen MR) is 89.6 cm³/mol. The first-order valence-electron chi connectivity index (χ1n) is 6.95. The number of ketones is 1. The molecular weight excluding hydrogens is 300 g/mol. The number of Topliss-reactive ketones (excluding diaryl/α,β-unsaturated/α-hetero) is 1. The van der Waals surface area contributed by atoms with E-state index in [-0.39, 0.29) is 11.7 Å². The van der Waals surface area contributed by atoms with Crippen molar-refractivity contribution in [2.75, 3.05) is 17.2 Å². The van der Waals surface area contributed by atoms with E-state index in [2.05, 4.69) is 10.6 Å². The molecule has 0 fully saturated rings. The second kappa shape index (κ2) is 7.61. The van der Waals surface area contributed by atoms with Gasteiger partial charge in [-0.3, -0.25) is 9.59 Å². The van der Waals surface area contributed by atoms with Crippen LogP contribution in [0.1, 0.15) is 23.7 Å². The number of hydrogen-bond donors (Lipinski definition) is 2. The smallest absolute Gasteiger partial charge is 0.226 e. The van der Waals surface area contributed by atoms with Gasteiger partial charge in [-0.15, -0.1) is 0 Å². The van der Waals surface area contributed by atoms with Gasteiger partial charge in [0.25, 0.3) is 0 Å². The van der Waals surface area contributed by atoms with Crippen molar-refractivity contribution < 1.29 is 9.59 Å². The van der Waals surface area contributed by atoms with Crippen LogP contribution in [0, 0.1) is 0 Å². The Labute approximate surface area is 134 Å². The first-order valence-corrected chi connectivity index (χ1v) is 7.33. The van der Waals surface area contributed by atoms with Crippen molar-refractivity contribution >= 4 is 34.7 Å². The van der Waals surface area contributed by atoms with Crippen molar-refractivity contribution in [2.45, 2.75) is 13.3 Å². The Bertz CT molecular complexity index is 651. The average molecular weight is 317 g/mol. The molecule has 0 aliphatic heterocycles. The number of benzene rings is 2. The molecule has 2 aromatic carbocycles. The Balaban J connectivity index is 1.77. The van der Waals surface area contributed by atoms with Gasteiger partial charge in [0.2, 0.25) is 5.91 Å². The van der Waals surface area contributed by atoms with Gasteiger partial charge in [-0.2, -0.15) is 0 Å². The van der Waals surface area contributed by atoms with Crippen LogP contribution in [-0.4, -0.2) is 18.2 Å². The maximum absolute atomic E-state index is 11.8. The predicted octanol–water partition coefficient (Wildman–Crippen LogP) is 3.98. The summed E-state index contributed by atoms with van der Waals surface area (Å²) in [5, 5.41) is 6.57. The summed E-state index contributed by atoms with van der Waals surface area (Å²) in [4.78, 5) is 23.0. The molecule has 0 saturated heterocycles. The van der Waals surface area contributed by atoms with Gasteiger partial charge in [-0.1, -0.05) is 11.6 Å². The highest BCUT2D eigenvalue weighted by atomic mass is 35.5. The topological polar surface area (TPSA) is 58.2 Å². The lowest BCUT2D eigenvalue weighted by atomic mass is 10.1. The monoisotopic (exact) mass is 316 g/mol. The zero-order chi connectivity index (χ0) is 15.9. The van der Waals surface area contributed by atoms with Crippen LogP contribution in [0.15, 0.2) is 48.5 Å². The van der Waals surface area contributed by atoms with Gasteiger partial charge in [0, 0.05) is 34.9 Å². The van der Waals surface area contributed by atoms with Crippen molar-refractivity contribution in [3.63, 3.8) is 0 Å². The van der Waals surface area contributed by atoms with Gasteiger partial charge in [-0.05, 0) is 55.5 Å². The van der Waals surface area contributed by atoms with Gasteiger partial charge < -0.3 is 10.6 Å². The molecule has 4 nitrogen and oxygen atoms in total. The molecule has 0 aliphatic rings. The minimum Gasteiger partial charge on any atom is -0.385 e. The van der Waals surface area contributed by atoms with Crippen molar-refractivity contribution in [1.82, 2.24) is 0 Å². The summed E-state index contributed by atoms with van der Waals surface area (Å²) in [5.41, 5.74) is 2.27. The van der Waals surface area contributed by atoms with E-state index in [9.17, 15) is 9.59 Å². The van der Waals surface area contributed by atoms with Gasteiger partial charge in [0.05, 0.1) is 0 Å². The zero-order valence-corrected chi connectivity index (χ0v) is 13.0. The maximum Gasteiger partial charge on any atom is 0.226 e. The second-order valence-corrected chi connectivity index (χ2v) is 5.30. The number of nitrogens with one attached hydrogen (secondary N) is 2. The first-order chi connectivity index (χ1) is 10.5. The summed E-state index contributed by atoms with van der Waals surface area (Å²) in [7, 11) is 0. The lowest BCUT2D eigenvalue weighted by molar-refractivity contribution is -0.115. The van der Waals surface area contributed by atoms with Crippen LogP contribution < -0.4 is 10.6 Å². The molecule has 0 unspecified atom stereocenters. The van der Waals surface area contributed by atoms with Gasteiger partial charge in [-0.25, -0.2) is 0 Å². The number of carbonyl (C=O) groups is 2. The summed E-state index contributed by atoms with van der Waals surface area (Å²) < 4.78 is 0. The molecule has 0 radical (unpaired) electrons. The summed E-state index contributed by atoms with van der Waals surface area (Å²) in [6, 6.07) is 14.2. The van der Waals surface area contributed by atoms with E-state index in [4.69, 9.17) is 11.6 Å². The van der Waals surface area contributed by atoms with Crippen LogP contribution in [0.25, 0.3) is 0 Å². The number of halogens is 1. The fourth-order valence-electron chi connectivity index (χ4n) is 1.90. The van der Waals surface area contributed by atoms with Crippen molar-refractivity contribution in [3.8, 4) is 0 Å². The van der Waals surface area contributed by atoms with Gasteiger partial charge in [0.15, 0.2) is 5.78 Å². The van der Waals surface area contributed by atoms with E-state index < -0.39 is 0 Å². The standard InChI is InChI=1S/C17H17ClN2O2/c1-12(21)13-2-6-15(7-3-13)19-11-10-17(22)20-16-8-4-14(18)5-9-16/h2-9,19H,10-11H2,1H3,(H,20,22). The molecule has 0 heterocycles. The van der Waals surface area contributed by atoms with Gasteiger partial charge >= 0.3 is 0 Å². The quantitative estimate of drug-likeness (QED) is 0.792. The summed E-state index contributed by atoms with van der Waals surface area (Å²) >= 11 is 5.79. The molecule has 0 spiro atoms. The van der Waals surface area contributed by atoms with Gasteiger partial charge in [0.1, 0.15) is 0 Å². The SMILES string of the molecule is CC(=O)c1ccc(NCCC(=O)Nc2ccc(Cl)cc2)cc1. The maximum atomic E-state index is 11.8. The largest absolute Gasteiger partial charge is 0.385 e. The van der Waals surface area contributed by atoms with Crippen LogP contribution in [-0.2, 0) is 4.79 Å². The molecule has 0 atom stereocenters. The van der Waals surface area contributed by atoms with E-state index in [1.165, 1.54) is 6.92 Å². The van der Waals surface area contributed by atoms with Crippen molar-refractivity contribution in [2.24, 2.45) is 0 Å². The highest BCUT2D eigenvalue weighted by molar-refractivity contribution is 6.30. The molecule has 2 rings (SSSR count). The van der Waals surface area contributed by atoms with Crippen molar-refractivity contribution in [1.29, 1.82) is 0 Å². The van der Waals surface area contributed by atoms with E-state index >= 15 is 0 Å². The highest BCUT2D eigenvalue weighted by Crippen LogP contribution is 2.14. The number of hydrogen-bond acceptors (Lipinski definition) is 3. The molecule has 2 N–H and O–H groups in total. The number of carbonyl (C=O) groups excluding carboxylic acids is 2. The minimum absolute atomic E-state index is 0.0360. The number of anilines is 2. The van der Waals surface area contributed by atoms with Crippen LogP contribution in [0.3, 0.4) is 0 Å². The van der Waals surface area contributed by atoms with E-state index in [1.807, 2.05) is 12.1 Å². The first kappa shape index (κ1) is 16.0. The Morgan fingerprint density at radius 3 is 2.14 bits per heavy atom. The second-order valence-electron chi connectivity index (χ2n) is 4.87. The molecule has 0 bridgehead atoms. The lowest BCUT2D eigenvalue weighted by Gasteiger charge is -2.08. The summed E-state index contributed by atoms with van der Waals surface area (Å²) in [6.07, 6.45) is 0.344. The third-order valence-corrected chi connectivity index (χ3v) is 3.35. The number of amides is 1. The lowest BCUT2D eigenvalue weighted by Crippen LogP contribution is -2.16. The van der Waals surface area contributed by atoms with Crippen LogP contribution in [0.4, 0.5) is 11.4 Å². The average Bonchev–Trinajstić information content (AvgIpc) is 2.50. The fourth-order valence-corrected chi connectivity index (χ4v) is 2.03. The molecule has 0 aliphatic carbocycles. The van der Waals surface area contributed by atoms with E-state index in [0.717, 1.165) is 11.4 Å². The Morgan fingerprint density at radius 2 is 1.55 bits per heavy atom. The number of rotatable bonds is 6. The molecule has 0 aromatic heterocycles. The third-order valence-electron chi connectivity index (χ3n) is 3.10. The molecule has 5 heteroatoms. The Kier molecular flexibility index (Phi) is 5.55. The summed E-state index contributed by atoms with van der Waals surface area (Å²) in [6.45, 7) is 2.04. The van der Waals surface area contributed by atoms with E-state index in [1.54, 1.807) is 36.4 Å². The molecular formula is C17H17ClN2O2. The normalized spacial score (nSPS) is 10.1. The highest BCUT2D eigenvalue weighted by Gasteiger charge is 2.03. The fraction of sp³-hybridized carbons (Fsp3) is 0.176. The molecule has 22 heavy (non-hydrogen) atoms. The van der Waals surface area contributed by atoms with E-state index in [0.29, 0.717) is 23.6 Å². The Morgan fingerprint density at radius 1 is 0.955 bits per heavy atom. The summed E-state index contributed by atoms with van der Waals surface area (Å²) in [5.74, 6) is -0.0379. The van der Waals surface area contributed by atoms with Crippen LogP contribution >= 0.6 is 11.6 Å². The van der Waals surface area contributed by atoms with Crippen LogP contribution in [0.5, 0.6) is 0 Å². The molecule has 2 aromatic rings. The zero-order valence-electron chi connectivity index (χ0n) is 12.2. The Hall–Kier alpha value is -2.33.